The Balaban J connectivity index is 1.27. The van der Waals surface area contributed by atoms with Gasteiger partial charge in [-0.3, -0.25) is 9.78 Å². The molecule has 1 amide bonds. The fourth-order valence-electron chi connectivity index (χ4n) is 6.40. The van der Waals surface area contributed by atoms with Gasteiger partial charge in [0.1, 0.15) is 17.5 Å². The second-order valence-electron chi connectivity index (χ2n) is 11.8. The van der Waals surface area contributed by atoms with Crippen molar-refractivity contribution in [2.45, 2.75) is 50.0 Å². The molecule has 2 aromatic carbocycles. The van der Waals surface area contributed by atoms with Crippen molar-refractivity contribution >= 4 is 21.6 Å². The Hall–Kier alpha value is -3.28. The van der Waals surface area contributed by atoms with E-state index >= 15 is 4.39 Å². The van der Waals surface area contributed by atoms with Gasteiger partial charge >= 0.3 is 0 Å². The predicted octanol–water partition coefficient (Wildman–Crippen LogP) is 4.84. The molecule has 0 radical (unpaired) electrons. The van der Waals surface area contributed by atoms with Crippen LogP contribution in [-0.2, 0) is 14.8 Å². The molecule has 1 saturated heterocycles. The third-order valence-electron chi connectivity index (χ3n) is 8.63. The molecular weight excluding hydrogens is 565 g/mol. The van der Waals surface area contributed by atoms with Crippen molar-refractivity contribution in [3.8, 4) is 0 Å². The van der Waals surface area contributed by atoms with Gasteiger partial charge < -0.3 is 10.6 Å². The van der Waals surface area contributed by atoms with E-state index in [9.17, 15) is 22.0 Å². The van der Waals surface area contributed by atoms with E-state index in [1.165, 1.54) is 30.5 Å². The number of hydrogen-bond donors (Lipinski definition) is 2. The molecule has 2 saturated carbocycles. The quantitative estimate of drug-likeness (QED) is 0.368. The Morgan fingerprint density at radius 3 is 2.57 bits per heavy atom. The molecular formula is C31H33F3N4O3S. The Labute approximate surface area is 243 Å². The first-order valence-electron chi connectivity index (χ1n) is 14.2. The van der Waals surface area contributed by atoms with E-state index < -0.39 is 50.8 Å². The van der Waals surface area contributed by atoms with Crippen molar-refractivity contribution in [1.82, 2.24) is 14.6 Å². The van der Waals surface area contributed by atoms with Crippen molar-refractivity contribution in [2.75, 3.05) is 30.7 Å². The molecule has 7 nitrogen and oxygen atoms in total. The fourth-order valence-corrected chi connectivity index (χ4v) is 8.69. The van der Waals surface area contributed by atoms with Gasteiger partial charge in [0.25, 0.3) is 0 Å². The first-order chi connectivity index (χ1) is 20.1. The largest absolute Gasteiger partial charge is 0.324 e. The maximum Gasteiger partial charge on any atom is 0.225 e. The van der Waals surface area contributed by atoms with Gasteiger partial charge in [0, 0.05) is 43.5 Å². The highest BCUT2D eigenvalue weighted by Gasteiger charge is 2.64. The average Bonchev–Trinajstić information content (AvgIpc) is 3.86. The number of rotatable bonds is 9. The molecule has 3 aliphatic rings. The maximum absolute atomic E-state index is 15.4. The van der Waals surface area contributed by atoms with E-state index in [0.29, 0.717) is 42.7 Å². The molecule has 1 spiro atoms. The molecule has 0 unspecified atom stereocenters. The number of carbonyl (C=O) groups excluding carboxylic acids is 1. The van der Waals surface area contributed by atoms with Crippen LogP contribution in [0.1, 0.15) is 59.8 Å². The van der Waals surface area contributed by atoms with Crippen LogP contribution in [0, 0.1) is 30.3 Å². The van der Waals surface area contributed by atoms with E-state index in [0.717, 1.165) is 19.0 Å². The topological polar surface area (TPSA) is 91.4 Å². The van der Waals surface area contributed by atoms with E-state index in [-0.39, 0.29) is 29.3 Å². The summed E-state index contributed by atoms with van der Waals surface area (Å²) in [6, 6.07) is 10.2. The molecule has 1 aromatic heterocycles. The number of piperazine rings is 1. The third kappa shape index (κ3) is 5.82. The monoisotopic (exact) mass is 598 g/mol. The lowest BCUT2D eigenvalue weighted by Crippen LogP contribution is -2.57. The standard InChI is InChI=1S/C31H33F3N4O3S/c1-19-10-22(12-24(33)11-19)25(21-4-6-23(32)7-5-21)13-29(39)37-28-16-36-15-27(34)30(28)26-14-31(26)18-35-8-9-38(31)42(40,41)17-20-2-3-20/h4-7,10-12,15-16,20,25-26,35H,2-3,8-9,13-14,17-18H2,1H3,(H,37,39)/t25-,26-,31-/m0/s1. The number of sulfonamides is 1. The fraction of sp³-hybridized carbons (Fsp3) is 0.419. The Morgan fingerprint density at radius 1 is 1.10 bits per heavy atom. The zero-order valence-electron chi connectivity index (χ0n) is 23.2. The van der Waals surface area contributed by atoms with Gasteiger partial charge in [0.2, 0.25) is 15.9 Å². The third-order valence-corrected chi connectivity index (χ3v) is 10.7. The van der Waals surface area contributed by atoms with Crippen molar-refractivity contribution in [2.24, 2.45) is 5.92 Å². The Kier molecular flexibility index (Phi) is 7.61. The highest BCUT2D eigenvalue weighted by molar-refractivity contribution is 7.89. The summed E-state index contributed by atoms with van der Waals surface area (Å²) >= 11 is 0. The number of nitrogens with one attached hydrogen (secondary N) is 2. The molecule has 3 aromatic rings. The highest BCUT2D eigenvalue weighted by atomic mass is 32.2. The van der Waals surface area contributed by atoms with E-state index in [1.807, 2.05) is 0 Å². The number of anilines is 1. The molecule has 2 heterocycles. The van der Waals surface area contributed by atoms with Crippen LogP contribution in [0.15, 0.2) is 54.9 Å². The number of hydrogen-bond acceptors (Lipinski definition) is 5. The zero-order chi connectivity index (χ0) is 29.6. The van der Waals surface area contributed by atoms with Gasteiger partial charge in [0.15, 0.2) is 0 Å². The van der Waals surface area contributed by atoms with Crippen LogP contribution >= 0.6 is 0 Å². The summed E-state index contributed by atoms with van der Waals surface area (Å²) in [5.41, 5.74) is 1.46. The molecule has 6 rings (SSSR count). The van der Waals surface area contributed by atoms with Crippen molar-refractivity contribution < 1.29 is 26.4 Å². The summed E-state index contributed by atoms with van der Waals surface area (Å²) in [5, 5.41) is 6.08. The number of amides is 1. The van der Waals surface area contributed by atoms with Crippen molar-refractivity contribution in [3.63, 3.8) is 0 Å². The number of aryl methyl sites for hydroxylation is 1. The molecule has 0 bridgehead atoms. The number of nitrogens with zero attached hydrogens (tertiary/aromatic N) is 2. The summed E-state index contributed by atoms with van der Waals surface area (Å²) in [7, 11) is -3.53. The summed E-state index contributed by atoms with van der Waals surface area (Å²) < 4.78 is 71.7. The van der Waals surface area contributed by atoms with E-state index in [1.54, 1.807) is 29.4 Å². The van der Waals surface area contributed by atoms with E-state index in [2.05, 4.69) is 15.6 Å². The van der Waals surface area contributed by atoms with Crippen LogP contribution in [0.5, 0.6) is 0 Å². The normalized spacial score (nSPS) is 23.1. The van der Waals surface area contributed by atoms with Gasteiger partial charge in [0.05, 0.1) is 29.4 Å². The van der Waals surface area contributed by atoms with Crippen LogP contribution in [-0.4, -0.2) is 54.5 Å². The molecule has 3 atom stereocenters. The Bertz CT molecular complexity index is 1590. The summed E-state index contributed by atoms with van der Waals surface area (Å²) in [4.78, 5) is 17.4. The van der Waals surface area contributed by atoms with Gasteiger partial charge in [-0.1, -0.05) is 18.2 Å². The smallest absolute Gasteiger partial charge is 0.225 e. The number of benzene rings is 2. The maximum atomic E-state index is 15.4. The summed E-state index contributed by atoms with van der Waals surface area (Å²) in [6.45, 7) is 2.97. The van der Waals surface area contributed by atoms with Crippen molar-refractivity contribution in [3.05, 3.63) is 94.6 Å². The number of carbonyl (C=O) groups is 1. The van der Waals surface area contributed by atoms with Gasteiger partial charge in [-0.05, 0) is 73.1 Å². The SMILES string of the molecule is Cc1cc(F)cc([C@@H](CC(=O)Nc2cncc(F)c2[C@@H]2C[C@]23CNCCN3S(=O)(=O)CC2CC2)c2ccc(F)cc2)c1. The molecule has 11 heteroatoms. The predicted molar refractivity (Wildman–Crippen MR) is 153 cm³/mol. The highest BCUT2D eigenvalue weighted by Crippen LogP contribution is 2.59. The summed E-state index contributed by atoms with van der Waals surface area (Å²) in [6.07, 6.45) is 4.57. The molecule has 222 valence electrons. The van der Waals surface area contributed by atoms with Crippen LogP contribution in [0.4, 0.5) is 18.9 Å². The van der Waals surface area contributed by atoms with Crippen LogP contribution in [0.25, 0.3) is 0 Å². The Morgan fingerprint density at radius 2 is 1.86 bits per heavy atom. The second kappa shape index (κ2) is 11.1. The molecule has 2 N–H and O–H groups in total. The van der Waals surface area contributed by atoms with Crippen molar-refractivity contribution in [1.29, 1.82) is 0 Å². The lowest BCUT2D eigenvalue weighted by molar-refractivity contribution is -0.116. The lowest BCUT2D eigenvalue weighted by Gasteiger charge is -2.37. The number of pyridine rings is 1. The lowest BCUT2D eigenvalue weighted by atomic mass is 9.87. The molecule has 42 heavy (non-hydrogen) atoms. The minimum atomic E-state index is -3.53. The molecule has 2 aliphatic carbocycles. The van der Waals surface area contributed by atoms with Gasteiger partial charge in [-0.25, -0.2) is 21.6 Å². The first kappa shape index (κ1) is 28.8. The number of halogens is 3. The summed E-state index contributed by atoms with van der Waals surface area (Å²) in [5.74, 6) is -2.73. The zero-order valence-corrected chi connectivity index (χ0v) is 24.1. The average molecular weight is 599 g/mol. The number of aromatic nitrogens is 1. The minimum Gasteiger partial charge on any atom is -0.324 e. The molecule has 3 fully saturated rings. The van der Waals surface area contributed by atoms with Crippen LogP contribution in [0.2, 0.25) is 0 Å². The van der Waals surface area contributed by atoms with Gasteiger partial charge in [-0.2, -0.15) is 4.31 Å². The second-order valence-corrected chi connectivity index (χ2v) is 13.8. The molecule has 1 aliphatic heterocycles. The van der Waals surface area contributed by atoms with Gasteiger partial charge in [-0.15, -0.1) is 0 Å². The first-order valence-corrected chi connectivity index (χ1v) is 15.8. The van der Waals surface area contributed by atoms with Crippen LogP contribution in [0.3, 0.4) is 0 Å². The van der Waals surface area contributed by atoms with E-state index in [4.69, 9.17) is 0 Å². The minimum absolute atomic E-state index is 0.105. The van der Waals surface area contributed by atoms with Crippen LogP contribution < -0.4 is 10.6 Å².